The van der Waals surface area contributed by atoms with Gasteiger partial charge in [0.05, 0.1) is 12.4 Å². The summed E-state index contributed by atoms with van der Waals surface area (Å²) in [5.74, 6) is -0.0446. The Labute approximate surface area is 124 Å². The molecule has 1 aromatic carbocycles. The smallest absolute Gasteiger partial charge is 0.251 e. The highest BCUT2D eigenvalue weighted by Gasteiger charge is 2.30. The maximum Gasteiger partial charge on any atom is 0.251 e. The van der Waals surface area contributed by atoms with Gasteiger partial charge in [0.1, 0.15) is 0 Å². The highest BCUT2D eigenvalue weighted by Crippen LogP contribution is 2.30. The van der Waals surface area contributed by atoms with Gasteiger partial charge >= 0.3 is 0 Å². The number of nitrogens with zero attached hydrogens (tertiary/aromatic N) is 2. The fourth-order valence-electron chi connectivity index (χ4n) is 3.08. The van der Waals surface area contributed by atoms with Gasteiger partial charge in [-0.25, -0.2) is 4.98 Å². The fraction of sp³-hybridized carbons (Fsp3) is 0.375. The fourth-order valence-corrected chi connectivity index (χ4v) is 3.08. The lowest BCUT2D eigenvalue weighted by Crippen LogP contribution is -2.38. The van der Waals surface area contributed by atoms with Crippen molar-refractivity contribution in [2.45, 2.75) is 38.3 Å². The van der Waals surface area contributed by atoms with Crippen molar-refractivity contribution in [3.05, 3.63) is 48.0 Å². The highest BCUT2D eigenvalue weighted by atomic mass is 16.1. The maximum absolute atomic E-state index is 12.5. The number of benzene rings is 1. The molecule has 0 radical (unpaired) electrons. The third kappa shape index (κ3) is 2.63. The minimum atomic E-state index is -0.0446. The number of hydrogen-bond donors (Lipinski definition) is 2. The number of hydrogen-bond acceptors (Lipinski definition) is 3. The zero-order valence-corrected chi connectivity index (χ0v) is 12.1. The second kappa shape index (κ2) is 5.60. The molecule has 2 atom stereocenters. The van der Waals surface area contributed by atoms with E-state index in [2.05, 4.69) is 14.9 Å². The summed E-state index contributed by atoms with van der Waals surface area (Å²) in [6.07, 6.45) is 8.73. The van der Waals surface area contributed by atoms with Gasteiger partial charge in [-0.15, -0.1) is 0 Å². The predicted molar refractivity (Wildman–Crippen MR) is 82.0 cm³/mol. The average Bonchev–Trinajstić information content (AvgIpc) is 3.12. The van der Waals surface area contributed by atoms with E-state index in [1.54, 1.807) is 6.20 Å². The molecule has 1 aliphatic carbocycles. The summed E-state index contributed by atoms with van der Waals surface area (Å²) in [5, 5.41) is 3.16. The Bertz CT molecular complexity index is 636. The Morgan fingerprint density at radius 2 is 2.29 bits per heavy atom. The van der Waals surface area contributed by atoms with Crippen LogP contribution >= 0.6 is 0 Å². The van der Waals surface area contributed by atoms with Gasteiger partial charge < -0.3 is 15.6 Å². The van der Waals surface area contributed by atoms with E-state index in [0.717, 1.165) is 24.8 Å². The summed E-state index contributed by atoms with van der Waals surface area (Å²) >= 11 is 0. The normalized spacial score (nSPS) is 21.4. The van der Waals surface area contributed by atoms with E-state index in [4.69, 9.17) is 5.73 Å². The Hall–Kier alpha value is -2.30. The van der Waals surface area contributed by atoms with Gasteiger partial charge in [-0.1, -0.05) is 6.07 Å². The number of nitrogens with one attached hydrogen (secondary N) is 1. The van der Waals surface area contributed by atoms with Crippen LogP contribution in [0.1, 0.15) is 41.2 Å². The largest absolute Gasteiger partial charge is 0.398 e. The lowest BCUT2D eigenvalue weighted by atomic mass is 10.1. The highest BCUT2D eigenvalue weighted by molar-refractivity contribution is 5.97. The SMILES string of the molecule is Cc1c(N)cccc1C(=O)NC1CCCC1n1ccnc1. The first-order chi connectivity index (χ1) is 10.2. The van der Waals surface area contributed by atoms with Gasteiger partial charge in [0, 0.05) is 29.7 Å². The van der Waals surface area contributed by atoms with Gasteiger partial charge in [0.15, 0.2) is 0 Å². The molecule has 0 aliphatic heterocycles. The summed E-state index contributed by atoms with van der Waals surface area (Å²) in [6.45, 7) is 1.88. The first kappa shape index (κ1) is 13.7. The van der Waals surface area contributed by atoms with Crippen LogP contribution < -0.4 is 11.1 Å². The minimum absolute atomic E-state index is 0.0446. The Kier molecular flexibility index (Phi) is 3.64. The third-order valence-corrected chi connectivity index (χ3v) is 4.32. The summed E-state index contributed by atoms with van der Waals surface area (Å²) in [4.78, 5) is 16.6. The Balaban J connectivity index is 1.76. The number of imidazole rings is 1. The van der Waals surface area contributed by atoms with Gasteiger partial charge in [0.2, 0.25) is 0 Å². The molecule has 1 aliphatic rings. The molecule has 3 N–H and O–H groups in total. The predicted octanol–water partition coefficient (Wildman–Crippen LogP) is 2.30. The molecular formula is C16H20N4O. The third-order valence-electron chi connectivity index (χ3n) is 4.32. The molecule has 110 valence electrons. The van der Waals surface area contributed by atoms with Crippen LogP contribution in [-0.2, 0) is 0 Å². The van der Waals surface area contributed by atoms with Crippen LogP contribution in [0, 0.1) is 6.92 Å². The lowest BCUT2D eigenvalue weighted by Gasteiger charge is -2.22. The zero-order chi connectivity index (χ0) is 14.8. The number of amides is 1. The van der Waals surface area contributed by atoms with Crippen LogP contribution in [0.3, 0.4) is 0 Å². The number of aromatic nitrogens is 2. The molecule has 2 aromatic rings. The van der Waals surface area contributed by atoms with Crippen LogP contribution in [0.25, 0.3) is 0 Å². The summed E-state index contributed by atoms with van der Waals surface area (Å²) in [5.41, 5.74) is 8.03. The summed E-state index contributed by atoms with van der Waals surface area (Å²) in [7, 11) is 0. The molecule has 21 heavy (non-hydrogen) atoms. The molecule has 1 amide bonds. The molecule has 0 saturated heterocycles. The number of rotatable bonds is 3. The van der Waals surface area contributed by atoms with Crippen molar-refractivity contribution in [2.75, 3.05) is 5.73 Å². The van der Waals surface area contributed by atoms with Crippen molar-refractivity contribution in [1.82, 2.24) is 14.9 Å². The van der Waals surface area contributed by atoms with Crippen LogP contribution in [-0.4, -0.2) is 21.5 Å². The minimum Gasteiger partial charge on any atom is -0.398 e. The quantitative estimate of drug-likeness (QED) is 0.849. The lowest BCUT2D eigenvalue weighted by molar-refractivity contribution is 0.0928. The molecule has 5 nitrogen and oxygen atoms in total. The van der Waals surface area contributed by atoms with Crippen LogP contribution in [0.4, 0.5) is 5.69 Å². The molecule has 3 rings (SSSR count). The van der Waals surface area contributed by atoms with Gasteiger partial charge in [-0.2, -0.15) is 0 Å². The van der Waals surface area contributed by atoms with E-state index in [-0.39, 0.29) is 18.0 Å². The maximum atomic E-state index is 12.5. The molecule has 5 heteroatoms. The first-order valence-electron chi connectivity index (χ1n) is 7.30. The van der Waals surface area contributed by atoms with E-state index in [1.165, 1.54) is 0 Å². The van der Waals surface area contributed by atoms with Crippen molar-refractivity contribution in [3.8, 4) is 0 Å². The van der Waals surface area contributed by atoms with Crippen molar-refractivity contribution in [3.63, 3.8) is 0 Å². The van der Waals surface area contributed by atoms with Gasteiger partial charge in [-0.3, -0.25) is 4.79 Å². The Morgan fingerprint density at radius 1 is 1.43 bits per heavy atom. The first-order valence-corrected chi connectivity index (χ1v) is 7.30. The van der Waals surface area contributed by atoms with Crippen LogP contribution in [0.15, 0.2) is 36.9 Å². The molecule has 0 spiro atoms. The van der Waals surface area contributed by atoms with Crippen LogP contribution in [0.2, 0.25) is 0 Å². The molecule has 1 fully saturated rings. The van der Waals surface area contributed by atoms with E-state index in [1.807, 2.05) is 37.6 Å². The van der Waals surface area contributed by atoms with E-state index < -0.39 is 0 Å². The number of nitrogens with two attached hydrogens (primary N) is 1. The standard InChI is InChI=1S/C16H20N4O/c1-11-12(4-2-5-13(11)17)16(21)19-14-6-3-7-15(14)20-9-8-18-10-20/h2,4-5,8-10,14-15H,3,6-7,17H2,1H3,(H,19,21). The monoisotopic (exact) mass is 284 g/mol. The Morgan fingerprint density at radius 3 is 3.05 bits per heavy atom. The van der Waals surface area contributed by atoms with Crippen molar-refractivity contribution < 1.29 is 4.79 Å². The molecule has 2 unspecified atom stereocenters. The number of anilines is 1. The van der Waals surface area contributed by atoms with Crippen molar-refractivity contribution in [2.24, 2.45) is 0 Å². The number of carbonyl (C=O) groups is 1. The molecule has 1 saturated carbocycles. The van der Waals surface area contributed by atoms with Crippen LogP contribution in [0.5, 0.6) is 0 Å². The van der Waals surface area contributed by atoms with E-state index >= 15 is 0 Å². The van der Waals surface area contributed by atoms with E-state index in [9.17, 15) is 4.79 Å². The van der Waals surface area contributed by atoms with Gasteiger partial charge in [-0.05, 0) is 43.9 Å². The number of nitrogen functional groups attached to an aromatic ring is 1. The van der Waals surface area contributed by atoms with Crippen molar-refractivity contribution in [1.29, 1.82) is 0 Å². The second-order valence-electron chi connectivity index (χ2n) is 5.61. The van der Waals surface area contributed by atoms with Gasteiger partial charge in [0.25, 0.3) is 5.91 Å². The zero-order valence-electron chi connectivity index (χ0n) is 12.1. The summed E-state index contributed by atoms with van der Waals surface area (Å²) in [6, 6.07) is 5.89. The second-order valence-corrected chi connectivity index (χ2v) is 5.61. The molecule has 1 aromatic heterocycles. The summed E-state index contributed by atoms with van der Waals surface area (Å²) < 4.78 is 2.09. The molecule has 0 bridgehead atoms. The average molecular weight is 284 g/mol. The number of carbonyl (C=O) groups excluding carboxylic acids is 1. The van der Waals surface area contributed by atoms with E-state index in [0.29, 0.717) is 11.3 Å². The topological polar surface area (TPSA) is 72.9 Å². The van der Waals surface area contributed by atoms with Crippen molar-refractivity contribution >= 4 is 11.6 Å². The molecule has 1 heterocycles. The molecular weight excluding hydrogens is 264 g/mol.